The predicted octanol–water partition coefficient (Wildman–Crippen LogP) is 2.94. The summed E-state index contributed by atoms with van der Waals surface area (Å²) in [6.07, 6.45) is 9.93. The molecule has 1 aromatic carbocycles. The van der Waals surface area contributed by atoms with Crippen LogP contribution in [-0.2, 0) is 0 Å². The number of anilines is 2. The molecule has 3 heterocycles. The maximum Gasteiger partial charge on any atom is 0.261 e. The Kier molecular flexibility index (Phi) is 4.66. The first-order chi connectivity index (χ1) is 14.2. The topological polar surface area (TPSA) is 67.2 Å². The zero-order valence-electron chi connectivity index (χ0n) is 16.8. The number of fused-ring (bicyclic) bond motifs is 1. The van der Waals surface area contributed by atoms with Crippen molar-refractivity contribution in [2.24, 2.45) is 0 Å². The lowest BCUT2D eigenvalue weighted by atomic mass is 10.1. The molecular formula is C22H26N6O. The molecule has 0 radical (unpaired) electrons. The van der Waals surface area contributed by atoms with Gasteiger partial charge in [-0.15, -0.1) is 0 Å². The average molecular weight is 390 g/mol. The first kappa shape index (κ1) is 18.1. The number of rotatable bonds is 3. The minimum Gasteiger partial charge on any atom is -0.368 e. The quantitative estimate of drug-likeness (QED) is 0.685. The lowest BCUT2D eigenvalue weighted by Crippen LogP contribution is -2.46. The van der Waals surface area contributed by atoms with Gasteiger partial charge in [-0.25, -0.2) is 9.97 Å². The van der Waals surface area contributed by atoms with Crippen LogP contribution in [0.25, 0.3) is 10.9 Å². The van der Waals surface area contributed by atoms with Crippen LogP contribution in [0.4, 0.5) is 11.5 Å². The van der Waals surface area contributed by atoms with Gasteiger partial charge in [0.1, 0.15) is 5.82 Å². The minimum absolute atomic E-state index is 0.0938. The minimum atomic E-state index is 0.0938. The smallest absolute Gasteiger partial charge is 0.261 e. The molecule has 150 valence electrons. The molecule has 1 saturated heterocycles. The summed E-state index contributed by atoms with van der Waals surface area (Å²) >= 11 is 0. The number of nitrogens with zero attached hydrogens (tertiary/aromatic N) is 6. The van der Waals surface area contributed by atoms with Crippen LogP contribution in [0.15, 0.2) is 41.7 Å². The van der Waals surface area contributed by atoms with E-state index >= 15 is 0 Å². The molecule has 7 heteroatoms. The normalized spacial score (nSPS) is 18.0. The van der Waals surface area contributed by atoms with Gasteiger partial charge in [-0.3, -0.25) is 14.3 Å². The fourth-order valence-corrected chi connectivity index (χ4v) is 4.56. The first-order valence-corrected chi connectivity index (χ1v) is 10.5. The highest BCUT2D eigenvalue weighted by Gasteiger charge is 2.21. The lowest BCUT2D eigenvalue weighted by molar-refractivity contribution is 0.499. The number of aryl methyl sites for hydroxylation is 1. The largest absolute Gasteiger partial charge is 0.368 e. The molecule has 1 aliphatic heterocycles. The van der Waals surface area contributed by atoms with Crippen molar-refractivity contribution in [2.75, 3.05) is 36.0 Å². The summed E-state index contributed by atoms with van der Waals surface area (Å²) in [5.41, 5.74) is 2.94. The van der Waals surface area contributed by atoms with E-state index in [-0.39, 0.29) is 5.56 Å². The molecule has 0 unspecified atom stereocenters. The summed E-state index contributed by atoms with van der Waals surface area (Å²) in [7, 11) is 0. The molecule has 29 heavy (non-hydrogen) atoms. The summed E-state index contributed by atoms with van der Waals surface area (Å²) in [5.74, 6) is 0.942. The van der Waals surface area contributed by atoms with Crippen LogP contribution in [-0.4, -0.2) is 45.7 Å². The summed E-state index contributed by atoms with van der Waals surface area (Å²) in [5, 5.41) is 0.719. The molecule has 3 aromatic rings. The van der Waals surface area contributed by atoms with Gasteiger partial charge in [0.2, 0.25) is 0 Å². The van der Waals surface area contributed by atoms with Crippen LogP contribution >= 0.6 is 0 Å². The van der Waals surface area contributed by atoms with Crippen molar-refractivity contribution in [1.29, 1.82) is 0 Å². The van der Waals surface area contributed by atoms with E-state index in [4.69, 9.17) is 0 Å². The number of benzene rings is 1. The van der Waals surface area contributed by atoms with E-state index in [0.29, 0.717) is 6.04 Å². The molecule has 5 rings (SSSR count). The molecular weight excluding hydrogens is 364 g/mol. The van der Waals surface area contributed by atoms with Gasteiger partial charge < -0.3 is 9.80 Å². The Balaban J connectivity index is 1.35. The Morgan fingerprint density at radius 2 is 1.76 bits per heavy atom. The highest BCUT2D eigenvalue weighted by molar-refractivity contribution is 5.81. The monoisotopic (exact) mass is 390 g/mol. The summed E-state index contributed by atoms with van der Waals surface area (Å²) in [4.78, 5) is 31.0. The Morgan fingerprint density at radius 1 is 1.00 bits per heavy atom. The molecule has 2 aromatic heterocycles. The standard InChI is InChI=1S/C22H26N6O/c1-16-13-23-14-21(25-16)27-10-8-26(9-11-27)18-6-7-19-20(12-18)24-15-28(22(19)29)17-4-2-3-5-17/h6-7,12-15,17H,2-5,8-11H2,1H3. The Hall–Kier alpha value is -2.96. The Bertz CT molecular complexity index is 1080. The van der Waals surface area contributed by atoms with Crippen molar-refractivity contribution in [3.63, 3.8) is 0 Å². The van der Waals surface area contributed by atoms with E-state index < -0.39 is 0 Å². The van der Waals surface area contributed by atoms with Gasteiger partial charge in [0.05, 0.1) is 29.1 Å². The van der Waals surface area contributed by atoms with E-state index in [9.17, 15) is 4.79 Å². The second-order valence-electron chi connectivity index (χ2n) is 8.09. The summed E-state index contributed by atoms with van der Waals surface area (Å²) in [6.45, 7) is 5.57. The van der Waals surface area contributed by atoms with Crippen LogP contribution in [0.3, 0.4) is 0 Å². The van der Waals surface area contributed by atoms with Crippen molar-refractivity contribution in [1.82, 2.24) is 19.5 Å². The first-order valence-electron chi connectivity index (χ1n) is 10.5. The van der Waals surface area contributed by atoms with Crippen LogP contribution in [0, 0.1) is 6.92 Å². The molecule has 0 atom stereocenters. The molecule has 2 aliphatic rings. The van der Waals surface area contributed by atoms with Crippen LogP contribution in [0.5, 0.6) is 0 Å². The van der Waals surface area contributed by atoms with Gasteiger partial charge in [-0.1, -0.05) is 12.8 Å². The predicted molar refractivity (Wildman–Crippen MR) is 115 cm³/mol. The molecule has 0 bridgehead atoms. The molecule has 0 N–H and O–H groups in total. The third-order valence-corrected chi connectivity index (χ3v) is 6.20. The van der Waals surface area contributed by atoms with E-state index in [1.807, 2.05) is 23.8 Å². The number of hydrogen-bond acceptors (Lipinski definition) is 6. The second kappa shape index (κ2) is 7.46. The highest BCUT2D eigenvalue weighted by atomic mass is 16.1. The maximum absolute atomic E-state index is 12.9. The zero-order valence-corrected chi connectivity index (χ0v) is 16.8. The molecule has 0 amide bonds. The summed E-state index contributed by atoms with van der Waals surface area (Å²) < 4.78 is 1.84. The van der Waals surface area contributed by atoms with E-state index in [2.05, 4.69) is 36.9 Å². The lowest BCUT2D eigenvalue weighted by Gasteiger charge is -2.36. The van der Waals surface area contributed by atoms with E-state index in [1.54, 1.807) is 12.5 Å². The Morgan fingerprint density at radius 3 is 2.52 bits per heavy atom. The SMILES string of the molecule is Cc1cncc(N2CCN(c3ccc4c(=O)n(C5CCCC5)cnc4c3)CC2)n1. The van der Waals surface area contributed by atoms with Gasteiger partial charge in [-0.05, 0) is 38.0 Å². The van der Waals surface area contributed by atoms with Crippen LogP contribution in [0.2, 0.25) is 0 Å². The number of aromatic nitrogens is 4. The molecule has 2 fully saturated rings. The van der Waals surface area contributed by atoms with Crippen LogP contribution in [0.1, 0.15) is 37.4 Å². The Labute approximate surface area is 170 Å². The van der Waals surface area contributed by atoms with Gasteiger partial charge in [0, 0.05) is 44.1 Å². The van der Waals surface area contributed by atoms with Gasteiger partial charge in [0.25, 0.3) is 5.56 Å². The molecule has 0 spiro atoms. The summed E-state index contributed by atoms with van der Waals surface area (Å²) in [6, 6.07) is 6.38. The zero-order chi connectivity index (χ0) is 19.8. The number of hydrogen-bond donors (Lipinski definition) is 0. The fourth-order valence-electron chi connectivity index (χ4n) is 4.56. The van der Waals surface area contributed by atoms with Gasteiger partial charge >= 0.3 is 0 Å². The molecule has 1 aliphatic carbocycles. The average Bonchev–Trinajstić information content (AvgIpc) is 3.28. The van der Waals surface area contributed by atoms with Crippen molar-refractivity contribution < 1.29 is 0 Å². The fraction of sp³-hybridized carbons (Fsp3) is 0.455. The van der Waals surface area contributed by atoms with E-state index in [1.165, 1.54) is 12.8 Å². The van der Waals surface area contributed by atoms with Crippen molar-refractivity contribution >= 4 is 22.4 Å². The van der Waals surface area contributed by atoms with Crippen molar-refractivity contribution in [2.45, 2.75) is 38.6 Å². The highest BCUT2D eigenvalue weighted by Crippen LogP contribution is 2.29. The van der Waals surface area contributed by atoms with Gasteiger partial charge in [0.15, 0.2) is 0 Å². The van der Waals surface area contributed by atoms with Gasteiger partial charge in [-0.2, -0.15) is 0 Å². The van der Waals surface area contributed by atoms with Crippen molar-refractivity contribution in [3.8, 4) is 0 Å². The molecule has 7 nitrogen and oxygen atoms in total. The maximum atomic E-state index is 12.9. The number of piperazine rings is 1. The third kappa shape index (κ3) is 3.45. The van der Waals surface area contributed by atoms with Crippen molar-refractivity contribution in [3.05, 3.63) is 53.0 Å². The molecule has 1 saturated carbocycles. The van der Waals surface area contributed by atoms with Crippen LogP contribution < -0.4 is 15.4 Å². The second-order valence-corrected chi connectivity index (χ2v) is 8.09. The van der Waals surface area contributed by atoms with E-state index in [0.717, 1.165) is 67.1 Å². The third-order valence-electron chi connectivity index (χ3n) is 6.20.